The topological polar surface area (TPSA) is 66.8 Å². The number of carbonyl (C=O) groups is 2. The number of amides is 1. The van der Waals surface area contributed by atoms with E-state index in [0.717, 1.165) is 23.2 Å². The van der Waals surface area contributed by atoms with Crippen molar-refractivity contribution in [3.63, 3.8) is 0 Å². The van der Waals surface area contributed by atoms with E-state index in [9.17, 15) is 9.59 Å². The molecule has 2 aromatic carbocycles. The number of nitrogens with zero attached hydrogens (tertiary/aromatic N) is 1. The first kappa shape index (κ1) is 18.0. The molecule has 3 rings (SSSR count). The first-order valence-electron chi connectivity index (χ1n) is 8.70. The minimum absolute atomic E-state index is 0.00654. The summed E-state index contributed by atoms with van der Waals surface area (Å²) in [7, 11) is 0. The van der Waals surface area contributed by atoms with Gasteiger partial charge in [-0.2, -0.15) is 0 Å². The highest BCUT2D eigenvalue weighted by atomic mass is 16.5. The lowest BCUT2D eigenvalue weighted by Gasteiger charge is -2.47. The van der Waals surface area contributed by atoms with E-state index in [1.165, 1.54) is 0 Å². The zero-order valence-electron chi connectivity index (χ0n) is 15.2. The quantitative estimate of drug-likeness (QED) is 0.892. The van der Waals surface area contributed by atoms with Gasteiger partial charge in [-0.05, 0) is 48.6 Å². The predicted molar refractivity (Wildman–Crippen MR) is 98.4 cm³/mol. The molecule has 2 aromatic rings. The monoisotopic (exact) mass is 353 g/mol. The van der Waals surface area contributed by atoms with Crippen LogP contribution in [-0.4, -0.2) is 35.0 Å². The molecule has 0 aliphatic carbocycles. The van der Waals surface area contributed by atoms with Gasteiger partial charge in [-0.1, -0.05) is 37.3 Å². The van der Waals surface area contributed by atoms with Crippen LogP contribution in [0.5, 0.6) is 5.75 Å². The lowest BCUT2D eigenvalue weighted by atomic mass is 9.84. The van der Waals surface area contributed by atoms with Crippen molar-refractivity contribution in [1.29, 1.82) is 0 Å². The summed E-state index contributed by atoms with van der Waals surface area (Å²) in [6.07, 6.45) is 0. The van der Waals surface area contributed by atoms with Crippen LogP contribution >= 0.6 is 0 Å². The molecule has 0 bridgehead atoms. The summed E-state index contributed by atoms with van der Waals surface area (Å²) in [6.45, 7) is 6.14. The Morgan fingerprint density at radius 2 is 1.77 bits per heavy atom. The Hall–Kier alpha value is -2.82. The van der Waals surface area contributed by atoms with Gasteiger partial charge >= 0.3 is 5.97 Å². The number of hydrogen-bond acceptors (Lipinski definition) is 3. The molecule has 0 aromatic heterocycles. The van der Waals surface area contributed by atoms with E-state index in [4.69, 9.17) is 9.84 Å². The number of carboxylic acid groups (broad SMARTS) is 1. The summed E-state index contributed by atoms with van der Waals surface area (Å²) < 4.78 is 5.35. The molecule has 136 valence electrons. The van der Waals surface area contributed by atoms with Crippen LogP contribution in [0.15, 0.2) is 42.5 Å². The molecule has 0 saturated carbocycles. The van der Waals surface area contributed by atoms with E-state index in [1.807, 2.05) is 36.9 Å². The van der Waals surface area contributed by atoms with Gasteiger partial charge in [-0.3, -0.25) is 4.79 Å². The molecule has 1 amide bonds. The lowest BCUT2D eigenvalue weighted by molar-refractivity contribution is -0.139. The zero-order valence-corrected chi connectivity index (χ0v) is 15.2. The van der Waals surface area contributed by atoms with E-state index < -0.39 is 12.6 Å². The molecule has 26 heavy (non-hydrogen) atoms. The van der Waals surface area contributed by atoms with Gasteiger partial charge < -0.3 is 14.7 Å². The third-order valence-corrected chi connectivity index (χ3v) is 4.81. The van der Waals surface area contributed by atoms with Crippen LogP contribution in [0.4, 0.5) is 0 Å². The van der Waals surface area contributed by atoms with Crippen molar-refractivity contribution in [2.24, 2.45) is 5.92 Å². The number of ether oxygens (including phenoxy) is 1. The second kappa shape index (κ2) is 7.20. The SMILES string of the molecule is Cc1cc(C(=O)N2CC(C)C2c2ccccc2)cc(C)c1OCC(=O)O. The number of benzene rings is 2. The number of carbonyl (C=O) groups excluding carboxylic acids is 1. The van der Waals surface area contributed by atoms with Crippen molar-refractivity contribution in [3.05, 3.63) is 64.7 Å². The second-order valence-corrected chi connectivity index (χ2v) is 6.91. The van der Waals surface area contributed by atoms with Gasteiger partial charge in [0.25, 0.3) is 5.91 Å². The van der Waals surface area contributed by atoms with Crippen LogP contribution in [0.1, 0.15) is 40.0 Å². The molecule has 1 aliphatic rings. The molecule has 5 heteroatoms. The Labute approximate surface area is 153 Å². The number of aliphatic carboxylic acids is 1. The average Bonchev–Trinajstić information content (AvgIpc) is 2.58. The highest BCUT2D eigenvalue weighted by Gasteiger charge is 2.40. The van der Waals surface area contributed by atoms with Crippen LogP contribution in [0.25, 0.3) is 0 Å². The fraction of sp³-hybridized carbons (Fsp3) is 0.333. The highest BCUT2D eigenvalue weighted by Crippen LogP contribution is 2.39. The standard InChI is InChI=1S/C21H23NO4/c1-13-9-17(10-14(2)20(13)26-12-18(23)24)21(25)22-11-15(3)19(22)16-7-5-4-6-8-16/h4-10,15,19H,11-12H2,1-3H3,(H,23,24). The van der Waals surface area contributed by atoms with Crippen molar-refractivity contribution in [2.75, 3.05) is 13.2 Å². The summed E-state index contributed by atoms with van der Waals surface area (Å²) in [6, 6.07) is 13.7. The third-order valence-electron chi connectivity index (χ3n) is 4.81. The van der Waals surface area contributed by atoms with Crippen LogP contribution in [0, 0.1) is 19.8 Å². The van der Waals surface area contributed by atoms with Crippen LogP contribution in [-0.2, 0) is 4.79 Å². The maximum Gasteiger partial charge on any atom is 0.341 e. The highest BCUT2D eigenvalue weighted by molar-refractivity contribution is 5.95. The Morgan fingerprint density at radius 3 is 2.31 bits per heavy atom. The zero-order chi connectivity index (χ0) is 18.8. The molecule has 1 heterocycles. The van der Waals surface area contributed by atoms with E-state index in [1.54, 1.807) is 12.1 Å². The first-order valence-corrected chi connectivity index (χ1v) is 8.70. The number of aryl methyl sites for hydroxylation is 2. The van der Waals surface area contributed by atoms with Crippen molar-refractivity contribution in [3.8, 4) is 5.75 Å². The van der Waals surface area contributed by atoms with Gasteiger partial charge in [0.2, 0.25) is 0 Å². The second-order valence-electron chi connectivity index (χ2n) is 6.91. The smallest absolute Gasteiger partial charge is 0.341 e. The molecular weight excluding hydrogens is 330 g/mol. The molecule has 0 spiro atoms. The summed E-state index contributed by atoms with van der Waals surface area (Å²) in [4.78, 5) is 25.6. The summed E-state index contributed by atoms with van der Waals surface area (Å²) in [5.74, 6) is -0.0839. The maximum atomic E-state index is 13.0. The first-order chi connectivity index (χ1) is 12.4. The molecule has 2 atom stereocenters. The minimum Gasteiger partial charge on any atom is -0.481 e. The fourth-order valence-corrected chi connectivity index (χ4v) is 3.66. The molecule has 5 nitrogen and oxygen atoms in total. The van der Waals surface area contributed by atoms with Crippen molar-refractivity contribution < 1.29 is 19.4 Å². The van der Waals surface area contributed by atoms with Gasteiger partial charge in [0.15, 0.2) is 6.61 Å². The molecule has 1 aliphatic heterocycles. The van der Waals surface area contributed by atoms with E-state index in [-0.39, 0.29) is 11.9 Å². The molecular formula is C21H23NO4. The van der Waals surface area contributed by atoms with Gasteiger partial charge in [-0.15, -0.1) is 0 Å². The van der Waals surface area contributed by atoms with Gasteiger partial charge in [0.1, 0.15) is 5.75 Å². The predicted octanol–water partition coefficient (Wildman–Crippen LogP) is 3.60. The fourth-order valence-electron chi connectivity index (χ4n) is 3.66. The van der Waals surface area contributed by atoms with E-state index >= 15 is 0 Å². The third kappa shape index (κ3) is 3.43. The number of carboxylic acids is 1. The van der Waals surface area contributed by atoms with Gasteiger partial charge in [0.05, 0.1) is 6.04 Å². The summed E-state index contributed by atoms with van der Waals surface area (Å²) >= 11 is 0. The molecule has 1 N–H and O–H groups in total. The Kier molecular flexibility index (Phi) is 4.98. The Morgan fingerprint density at radius 1 is 1.15 bits per heavy atom. The van der Waals surface area contributed by atoms with E-state index in [0.29, 0.717) is 17.2 Å². The minimum atomic E-state index is -1.02. The number of likely N-dealkylation sites (tertiary alicyclic amines) is 1. The molecule has 1 saturated heterocycles. The van der Waals surface area contributed by atoms with Crippen LogP contribution < -0.4 is 4.74 Å². The normalized spacial score (nSPS) is 19.0. The molecule has 1 fully saturated rings. The Balaban J connectivity index is 1.83. The van der Waals surface area contributed by atoms with Crippen LogP contribution in [0.2, 0.25) is 0 Å². The summed E-state index contributed by atoms with van der Waals surface area (Å²) in [5, 5.41) is 8.79. The number of rotatable bonds is 5. The van der Waals surface area contributed by atoms with Crippen molar-refractivity contribution in [2.45, 2.75) is 26.8 Å². The van der Waals surface area contributed by atoms with Crippen molar-refractivity contribution >= 4 is 11.9 Å². The molecule has 0 radical (unpaired) electrons. The Bertz CT molecular complexity index is 808. The molecule has 2 unspecified atom stereocenters. The summed E-state index contributed by atoms with van der Waals surface area (Å²) in [5.41, 5.74) is 3.28. The van der Waals surface area contributed by atoms with Crippen LogP contribution in [0.3, 0.4) is 0 Å². The number of hydrogen-bond donors (Lipinski definition) is 1. The van der Waals surface area contributed by atoms with Gasteiger partial charge in [-0.25, -0.2) is 4.79 Å². The average molecular weight is 353 g/mol. The van der Waals surface area contributed by atoms with E-state index in [2.05, 4.69) is 19.1 Å². The van der Waals surface area contributed by atoms with Crippen molar-refractivity contribution in [1.82, 2.24) is 4.90 Å². The lowest BCUT2D eigenvalue weighted by Crippen LogP contribution is -2.51. The largest absolute Gasteiger partial charge is 0.481 e. The van der Waals surface area contributed by atoms with Gasteiger partial charge in [0, 0.05) is 12.1 Å². The maximum absolute atomic E-state index is 13.0.